The van der Waals surface area contributed by atoms with Crippen molar-refractivity contribution in [2.24, 2.45) is 11.8 Å². The van der Waals surface area contributed by atoms with Crippen LogP contribution in [0.2, 0.25) is 0 Å². The van der Waals surface area contributed by atoms with E-state index in [1.54, 1.807) is 4.90 Å². The molecule has 3 aliphatic rings. The molecule has 0 spiro atoms. The van der Waals surface area contributed by atoms with E-state index in [0.29, 0.717) is 13.0 Å². The summed E-state index contributed by atoms with van der Waals surface area (Å²) in [6, 6.07) is 4.69. The highest BCUT2D eigenvalue weighted by molar-refractivity contribution is 7.89. The first-order valence-corrected chi connectivity index (χ1v) is 12.6. The van der Waals surface area contributed by atoms with Gasteiger partial charge in [-0.05, 0) is 43.5 Å². The SMILES string of the molecule is O=C(CCN1C(=O)C2CCCCC2C1=O)N1CCCN(S(=O)(=O)c2ccc(F)cc2)CC1. The summed E-state index contributed by atoms with van der Waals surface area (Å²) >= 11 is 0. The minimum absolute atomic E-state index is 0.0196. The molecule has 0 radical (unpaired) electrons. The van der Waals surface area contributed by atoms with Crippen molar-refractivity contribution < 1.29 is 27.2 Å². The number of sulfonamides is 1. The minimum atomic E-state index is -3.77. The van der Waals surface area contributed by atoms with Gasteiger partial charge in [-0.15, -0.1) is 0 Å². The van der Waals surface area contributed by atoms with Crippen LogP contribution < -0.4 is 0 Å². The van der Waals surface area contributed by atoms with Gasteiger partial charge in [0.15, 0.2) is 0 Å². The van der Waals surface area contributed by atoms with Crippen LogP contribution in [0.5, 0.6) is 0 Å². The second-order valence-corrected chi connectivity index (χ2v) is 10.6. The molecule has 1 saturated carbocycles. The molecule has 3 fully saturated rings. The third-order valence-electron chi connectivity index (χ3n) is 6.74. The van der Waals surface area contributed by atoms with Crippen molar-refractivity contribution in [1.82, 2.24) is 14.1 Å². The van der Waals surface area contributed by atoms with Gasteiger partial charge >= 0.3 is 0 Å². The van der Waals surface area contributed by atoms with E-state index in [4.69, 9.17) is 0 Å². The van der Waals surface area contributed by atoms with Crippen LogP contribution in [0.25, 0.3) is 0 Å². The van der Waals surface area contributed by atoms with Crippen LogP contribution in [0.15, 0.2) is 29.2 Å². The first kappa shape index (κ1) is 22.8. The number of nitrogens with zero attached hydrogens (tertiary/aromatic N) is 3. The zero-order valence-electron chi connectivity index (χ0n) is 17.9. The largest absolute Gasteiger partial charge is 0.341 e. The Morgan fingerprint density at radius 3 is 2.16 bits per heavy atom. The van der Waals surface area contributed by atoms with E-state index in [9.17, 15) is 27.2 Å². The number of hydrogen-bond acceptors (Lipinski definition) is 5. The van der Waals surface area contributed by atoms with Gasteiger partial charge in [0.05, 0.1) is 16.7 Å². The number of rotatable bonds is 5. The summed E-state index contributed by atoms with van der Waals surface area (Å²) in [5.41, 5.74) is 0. The Balaban J connectivity index is 1.33. The molecule has 4 rings (SSSR count). The van der Waals surface area contributed by atoms with Gasteiger partial charge in [-0.3, -0.25) is 19.3 Å². The van der Waals surface area contributed by atoms with Gasteiger partial charge in [-0.1, -0.05) is 12.8 Å². The fourth-order valence-electron chi connectivity index (χ4n) is 4.96. The first-order chi connectivity index (χ1) is 15.3. The maximum Gasteiger partial charge on any atom is 0.243 e. The van der Waals surface area contributed by atoms with E-state index in [1.165, 1.54) is 21.3 Å². The maximum absolute atomic E-state index is 13.1. The van der Waals surface area contributed by atoms with Crippen LogP contribution in [0.1, 0.15) is 38.5 Å². The Morgan fingerprint density at radius 1 is 0.906 bits per heavy atom. The molecular weight excluding hydrogens is 437 g/mol. The van der Waals surface area contributed by atoms with Crippen LogP contribution in [-0.2, 0) is 24.4 Å². The molecule has 1 aromatic rings. The predicted octanol–water partition coefficient (Wildman–Crippen LogP) is 1.61. The van der Waals surface area contributed by atoms with Crippen molar-refractivity contribution in [2.75, 3.05) is 32.7 Å². The molecule has 2 unspecified atom stereocenters. The van der Waals surface area contributed by atoms with Crippen molar-refractivity contribution >= 4 is 27.7 Å². The fraction of sp³-hybridized carbons (Fsp3) is 0.591. The van der Waals surface area contributed by atoms with Crippen molar-refractivity contribution in [1.29, 1.82) is 0 Å². The standard InChI is InChI=1S/C22H28FN3O5S/c23-16-6-8-17(9-7-16)32(30,31)25-12-3-11-24(14-15-25)20(27)10-13-26-21(28)18-4-1-2-5-19(18)22(26)29/h6-9,18-19H,1-5,10-15H2. The third kappa shape index (κ3) is 4.43. The second-order valence-electron chi connectivity index (χ2n) is 8.67. The zero-order chi connectivity index (χ0) is 22.9. The highest BCUT2D eigenvalue weighted by Crippen LogP contribution is 2.38. The van der Waals surface area contributed by atoms with Crippen LogP contribution in [0.3, 0.4) is 0 Å². The highest BCUT2D eigenvalue weighted by atomic mass is 32.2. The quantitative estimate of drug-likeness (QED) is 0.616. The molecule has 0 bridgehead atoms. The second kappa shape index (κ2) is 9.27. The average molecular weight is 466 g/mol. The molecule has 0 aromatic heterocycles. The lowest BCUT2D eigenvalue weighted by molar-refractivity contribution is -0.140. The third-order valence-corrected chi connectivity index (χ3v) is 8.65. The topological polar surface area (TPSA) is 95.1 Å². The average Bonchev–Trinajstić information content (AvgIpc) is 2.95. The monoisotopic (exact) mass is 465 g/mol. The van der Waals surface area contributed by atoms with E-state index < -0.39 is 15.8 Å². The Morgan fingerprint density at radius 2 is 1.53 bits per heavy atom. The van der Waals surface area contributed by atoms with Crippen LogP contribution in [0, 0.1) is 17.7 Å². The number of halogens is 1. The van der Waals surface area contributed by atoms with Gasteiger partial charge in [0.25, 0.3) is 0 Å². The van der Waals surface area contributed by atoms with Crippen molar-refractivity contribution in [3.8, 4) is 0 Å². The van der Waals surface area contributed by atoms with Crippen LogP contribution in [-0.4, -0.2) is 73.0 Å². The minimum Gasteiger partial charge on any atom is -0.341 e. The maximum atomic E-state index is 13.1. The molecule has 2 aliphatic heterocycles. The number of likely N-dealkylation sites (tertiary alicyclic amines) is 1. The van der Waals surface area contributed by atoms with Gasteiger partial charge in [-0.2, -0.15) is 4.31 Å². The normalized spacial score (nSPS) is 25.0. The van der Waals surface area contributed by atoms with Gasteiger partial charge < -0.3 is 4.90 Å². The van der Waals surface area contributed by atoms with Crippen LogP contribution in [0.4, 0.5) is 4.39 Å². The molecule has 10 heteroatoms. The molecule has 3 amide bonds. The molecule has 2 atom stereocenters. The molecule has 174 valence electrons. The molecular formula is C22H28FN3O5S. The Bertz CT molecular complexity index is 973. The molecule has 1 aliphatic carbocycles. The molecule has 0 N–H and O–H groups in total. The number of carbonyl (C=O) groups excluding carboxylic acids is 3. The molecule has 8 nitrogen and oxygen atoms in total. The van der Waals surface area contributed by atoms with Gasteiger partial charge in [0, 0.05) is 39.1 Å². The number of imide groups is 1. The lowest BCUT2D eigenvalue weighted by Crippen LogP contribution is -2.39. The molecule has 32 heavy (non-hydrogen) atoms. The Kier molecular flexibility index (Phi) is 6.62. The number of carbonyl (C=O) groups is 3. The lowest BCUT2D eigenvalue weighted by Gasteiger charge is -2.23. The molecule has 2 saturated heterocycles. The zero-order valence-corrected chi connectivity index (χ0v) is 18.7. The summed E-state index contributed by atoms with van der Waals surface area (Å²) in [6.07, 6.45) is 3.91. The smallest absolute Gasteiger partial charge is 0.243 e. The number of fused-ring (bicyclic) bond motifs is 1. The summed E-state index contributed by atoms with van der Waals surface area (Å²) in [5.74, 6) is -1.46. The molecule has 1 aromatic carbocycles. The summed E-state index contributed by atoms with van der Waals surface area (Å²) in [7, 11) is -3.77. The van der Waals surface area contributed by atoms with Crippen LogP contribution >= 0.6 is 0 Å². The van der Waals surface area contributed by atoms with E-state index >= 15 is 0 Å². The number of amides is 3. The van der Waals surface area contributed by atoms with E-state index in [2.05, 4.69) is 0 Å². The van der Waals surface area contributed by atoms with Gasteiger partial charge in [0.1, 0.15) is 5.82 Å². The summed E-state index contributed by atoms with van der Waals surface area (Å²) in [6.45, 7) is 1.11. The first-order valence-electron chi connectivity index (χ1n) is 11.2. The van der Waals surface area contributed by atoms with Crippen molar-refractivity contribution in [3.05, 3.63) is 30.1 Å². The molecule has 2 heterocycles. The summed E-state index contributed by atoms with van der Waals surface area (Å²) < 4.78 is 40.1. The van der Waals surface area contributed by atoms with Gasteiger partial charge in [0.2, 0.25) is 27.7 Å². The van der Waals surface area contributed by atoms with E-state index in [1.807, 2.05) is 0 Å². The van der Waals surface area contributed by atoms with Gasteiger partial charge in [-0.25, -0.2) is 12.8 Å². The highest BCUT2D eigenvalue weighted by Gasteiger charge is 2.47. The number of benzene rings is 1. The van der Waals surface area contributed by atoms with E-state index in [-0.39, 0.29) is 67.1 Å². The van der Waals surface area contributed by atoms with Crippen molar-refractivity contribution in [2.45, 2.75) is 43.4 Å². The number of hydrogen-bond donors (Lipinski definition) is 0. The summed E-state index contributed by atoms with van der Waals surface area (Å²) in [5, 5.41) is 0. The lowest BCUT2D eigenvalue weighted by atomic mass is 9.81. The Labute approximate surface area is 187 Å². The Hall–Kier alpha value is -2.33. The van der Waals surface area contributed by atoms with E-state index in [0.717, 1.165) is 37.8 Å². The fourth-order valence-corrected chi connectivity index (χ4v) is 6.43. The van der Waals surface area contributed by atoms with Crippen molar-refractivity contribution in [3.63, 3.8) is 0 Å². The summed E-state index contributed by atoms with van der Waals surface area (Å²) in [4.78, 5) is 40.8. The predicted molar refractivity (Wildman–Crippen MR) is 113 cm³/mol.